The Morgan fingerprint density at radius 1 is 1.32 bits per heavy atom. The summed E-state index contributed by atoms with van der Waals surface area (Å²) >= 11 is 0. The van der Waals surface area contributed by atoms with Crippen LogP contribution in [0.25, 0.3) is 0 Å². The Labute approximate surface area is 133 Å². The van der Waals surface area contributed by atoms with E-state index in [0.717, 1.165) is 26.1 Å². The molecule has 1 aromatic rings. The van der Waals surface area contributed by atoms with Crippen molar-refractivity contribution in [1.82, 2.24) is 10.2 Å². The maximum absolute atomic E-state index is 12.1. The van der Waals surface area contributed by atoms with Crippen molar-refractivity contribution in [2.24, 2.45) is 5.92 Å². The van der Waals surface area contributed by atoms with Crippen LogP contribution in [0.1, 0.15) is 39.7 Å². The monoisotopic (exact) mass is 304 g/mol. The first-order valence-corrected chi connectivity index (χ1v) is 8.10. The van der Waals surface area contributed by atoms with Crippen molar-refractivity contribution in [2.75, 3.05) is 13.1 Å². The zero-order valence-corrected chi connectivity index (χ0v) is 14.1. The number of hydrogen-bond acceptors (Lipinski definition) is 3. The molecule has 2 rings (SSSR count). The van der Waals surface area contributed by atoms with Crippen LogP contribution < -0.4 is 5.32 Å². The molecule has 1 heterocycles. The standard InChI is InChI=1S/C18H28N2O2/c1-14-13-20(17(21)22-18(2,3)4)11-10-16(14)19-12-15-8-6-5-7-9-15/h5-9,14,16,19H,10-13H2,1-4H3/t14-,16?/m1/s1. The second kappa shape index (κ2) is 7.14. The van der Waals surface area contributed by atoms with E-state index < -0.39 is 5.60 Å². The smallest absolute Gasteiger partial charge is 0.410 e. The third-order valence-electron chi connectivity index (χ3n) is 3.97. The first kappa shape index (κ1) is 16.8. The number of nitrogens with zero attached hydrogens (tertiary/aromatic N) is 1. The Morgan fingerprint density at radius 3 is 2.59 bits per heavy atom. The second-order valence-electron chi connectivity index (χ2n) is 7.17. The van der Waals surface area contributed by atoms with Gasteiger partial charge in [0, 0.05) is 25.7 Å². The number of amides is 1. The highest BCUT2D eigenvalue weighted by Gasteiger charge is 2.30. The van der Waals surface area contributed by atoms with Gasteiger partial charge < -0.3 is 15.0 Å². The van der Waals surface area contributed by atoms with Gasteiger partial charge in [-0.25, -0.2) is 4.79 Å². The summed E-state index contributed by atoms with van der Waals surface area (Å²) in [6.45, 7) is 10.3. The van der Waals surface area contributed by atoms with Gasteiger partial charge in [0.25, 0.3) is 0 Å². The Bertz CT molecular complexity index is 482. The van der Waals surface area contributed by atoms with Crippen molar-refractivity contribution in [2.45, 2.75) is 52.3 Å². The fourth-order valence-electron chi connectivity index (χ4n) is 2.79. The number of carbonyl (C=O) groups excluding carboxylic acids is 1. The predicted octanol–water partition coefficient (Wildman–Crippen LogP) is 3.42. The molecule has 0 spiro atoms. The summed E-state index contributed by atoms with van der Waals surface area (Å²) in [7, 11) is 0. The van der Waals surface area contributed by atoms with Gasteiger partial charge in [0.15, 0.2) is 0 Å². The molecule has 22 heavy (non-hydrogen) atoms. The van der Waals surface area contributed by atoms with Gasteiger partial charge in [0.2, 0.25) is 0 Å². The van der Waals surface area contributed by atoms with Crippen LogP contribution in [0.15, 0.2) is 30.3 Å². The molecule has 1 unspecified atom stereocenters. The number of ether oxygens (including phenoxy) is 1. The lowest BCUT2D eigenvalue weighted by molar-refractivity contribution is 0.0143. The summed E-state index contributed by atoms with van der Waals surface area (Å²) < 4.78 is 5.46. The molecule has 0 radical (unpaired) electrons. The van der Waals surface area contributed by atoms with E-state index in [1.807, 2.05) is 31.7 Å². The summed E-state index contributed by atoms with van der Waals surface area (Å²) in [6, 6.07) is 10.9. The molecule has 0 bridgehead atoms. The van der Waals surface area contributed by atoms with Crippen LogP contribution in [0.3, 0.4) is 0 Å². The van der Waals surface area contributed by atoms with E-state index in [1.165, 1.54) is 5.56 Å². The third kappa shape index (κ3) is 5.02. The zero-order chi connectivity index (χ0) is 16.2. The van der Waals surface area contributed by atoms with Crippen LogP contribution in [0.5, 0.6) is 0 Å². The van der Waals surface area contributed by atoms with E-state index in [-0.39, 0.29) is 6.09 Å². The number of piperidine rings is 1. The highest BCUT2D eigenvalue weighted by atomic mass is 16.6. The maximum Gasteiger partial charge on any atom is 0.410 e. The number of benzene rings is 1. The minimum Gasteiger partial charge on any atom is -0.444 e. The molecule has 0 aromatic heterocycles. The van der Waals surface area contributed by atoms with E-state index >= 15 is 0 Å². The molecular formula is C18H28N2O2. The van der Waals surface area contributed by atoms with Crippen LogP contribution in [0.4, 0.5) is 4.79 Å². The largest absolute Gasteiger partial charge is 0.444 e. The van der Waals surface area contributed by atoms with Crippen LogP contribution in [0.2, 0.25) is 0 Å². The van der Waals surface area contributed by atoms with Gasteiger partial charge in [-0.2, -0.15) is 0 Å². The van der Waals surface area contributed by atoms with Gasteiger partial charge in [-0.15, -0.1) is 0 Å². The van der Waals surface area contributed by atoms with E-state index in [0.29, 0.717) is 12.0 Å². The molecule has 1 aromatic carbocycles. The average molecular weight is 304 g/mol. The molecule has 1 N–H and O–H groups in total. The first-order valence-electron chi connectivity index (χ1n) is 8.10. The van der Waals surface area contributed by atoms with Crippen LogP contribution in [-0.2, 0) is 11.3 Å². The first-order chi connectivity index (χ1) is 10.3. The molecule has 1 aliphatic rings. The van der Waals surface area contributed by atoms with Crippen molar-refractivity contribution in [1.29, 1.82) is 0 Å². The van der Waals surface area contributed by atoms with Gasteiger partial charge in [0.05, 0.1) is 0 Å². The third-order valence-corrected chi connectivity index (χ3v) is 3.97. The zero-order valence-electron chi connectivity index (χ0n) is 14.1. The number of nitrogens with one attached hydrogen (secondary N) is 1. The molecule has 0 aliphatic carbocycles. The lowest BCUT2D eigenvalue weighted by atomic mass is 9.94. The Hall–Kier alpha value is -1.55. The predicted molar refractivity (Wildman–Crippen MR) is 88.7 cm³/mol. The average Bonchev–Trinajstić information content (AvgIpc) is 2.45. The molecule has 1 aliphatic heterocycles. The SMILES string of the molecule is C[C@@H]1CN(C(=O)OC(C)(C)C)CCC1NCc1ccccc1. The van der Waals surface area contributed by atoms with E-state index in [4.69, 9.17) is 4.74 Å². The number of rotatable bonds is 3. The topological polar surface area (TPSA) is 41.6 Å². The molecule has 4 heteroatoms. The summed E-state index contributed by atoms with van der Waals surface area (Å²) in [5.41, 5.74) is 0.868. The van der Waals surface area contributed by atoms with Crippen LogP contribution >= 0.6 is 0 Å². The van der Waals surface area contributed by atoms with Crippen molar-refractivity contribution in [3.05, 3.63) is 35.9 Å². The summed E-state index contributed by atoms with van der Waals surface area (Å²) in [4.78, 5) is 14.0. The van der Waals surface area contributed by atoms with Gasteiger partial charge in [-0.3, -0.25) is 0 Å². The summed E-state index contributed by atoms with van der Waals surface area (Å²) in [5, 5.41) is 3.62. The quantitative estimate of drug-likeness (QED) is 0.930. The molecular weight excluding hydrogens is 276 g/mol. The highest BCUT2D eigenvalue weighted by Crippen LogP contribution is 2.20. The van der Waals surface area contributed by atoms with E-state index in [1.54, 1.807) is 0 Å². The minimum atomic E-state index is -0.428. The van der Waals surface area contributed by atoms with Gasteiger partial charge in [0.1, 0.15) is 5.60 Å². The number of carbonyl (C=O) groups is 1. The van der Waals surface area contributed by atoms with Crippen molar-refractivity contribution in [3.8, 4) is 0 Å². The van der Waals surface area contributed by atoms with Gasteiger partial charge in [-0.05, 0) is 38.7 Å². The van der Waals surface area contributed by atoms with Crippen molar-refractivity contribution >= 4 is 6.09 Å². The van der Waals surface area contributed by atoms with E-state index in [2.05, 4.69) is 36.5 Å². The van der Waals surface area contributed by atoms with Gasteiger partial charge >= 0.3 is 6.09 Å². The summed E-state index contributed by atoms with van der Waals surface area (Å²) in [6.07, 6.45) is 0.772. The molecule has 1 amide bonds. The van der Waals surface area contributed by atoms with Crippen LogP contribution in [-0.4, -0.2) is 35.7 Å². The normalized spacial score (nSPS) is 22.5. The molecule has 1 fully saturated rings. The second-order valence-corrected chi connectivity index (χ2v) is 7.17. The number of hydrogen-bond donors (Lipinski definition) is 1. The maximum atomic E-state index is 12.1. The Balaban J connectivity index is 1.81. The van der Waals surface area contributed by atoms with Gasteiger partial charge in [-0.1, -0.05) is 37.3 Å². The molecule has 0 saturated carbocycles. The fourth-order valence-corrected chi connectivity index (χ4v) is 2.79. The van der Waals surface area contributed by atoms with Crippen molar-refractivity contribution in [3.63, 3.8) is 0 Å². The molecule has 2 atom stereocenters. The summed E-state index contributed by atoms with van der Waals surface area (Å²) in [5.74, 6) is 0.421. The lowest BCUT2D eigenvalue weighted by Gasteiger charge is -2.38. The van der Waals surface area contributed by atoms with Crippen molar-refractivity contribution < 1.29 is 9.53 Å². The van der Waals surface area contributed by atoms with E-state index in [9.17, 15) is 4.79 Å². The lowest BCUT2D eigenvalue weighted by Crippen LogP contribution is -2.50. The molecule has 1 saturated heterocycles. The van der Waals surface area contributed by atoms with Crippen LogP contribution in [0, 0.1) is 5.92 Å². The minimum absolute atomic E-state index is 0.194. The Morgan fingerprint density at radius 2 is 2.00 bits per heavy atom. The highest BCUT2D eigenvalue weighted by molar-refractivity contribution is 5.68. The molecule has 4 nitrogen and oxygen atoms in total. The number of likely N-dealkylation sites (tertiary alicyclic amines) is 1. The fraction of sp³-hybridized carbons (Fsp3) is 0.611. The Kier molecular flexibility index (Phi) is 5.46. The molecule has 122 valence electrons.